The van der Waals surface area contributed by atoms with Crippen molar-refractivity contribution in [1.82, 2.24) is 9.78 Å². The van der Waals surface area contributed by atoms with E-state index >= 15 is 0 Å². The molecule has 1 amide bonds. The Morgan fingerprint density at radius 1 is 1.19 bits per heavy atom. The number of aromatic nitrogens is 2. The van der Waals surface area contributed by atoms with Gasteiger partial charge in [-0.3, -0.25) is 19.4 Å². The van der Waals surface area contributed by atoms with E-state index in [1.54, 1.807) is 11.8 Å². The molecule has 0 unspecified atom stereocenters. The van der Waals surface area contributed by atoms with E-state index in [1.807, 2.05) is 45.9 Å². The summed E-state index contributed by atoms with van der Waals surface area (Å²) in [5.41, 5.74) is 1.25. The second-order valence-electron chi connectivity index (χ2n) is 6.98. The highest BCUT2D eigenvalue weighted by molar-refractivity contribution is 8.00. The maximum absolute atomic E-state index is 12.7. The van der Waals surface area contributed by atoms with Crippen molar-refractivity contribution in [2.45, 2.75) is 45.1 Å². The van der Waals surface area contributed by atoms with Crippen molar-refractivity contribution in [3.63, 3.8) is 0 Å². The first kappa shape index (κ1) is 19.4. The number of hydrogen-bond acceptors (Lipinski definition) is 5. The third kappa shape index (κ3) is 3.85. The molecule has 1 atom stereocenters. The highest BCUT2D eigenvalue weighted by Gasteiger charge is 2.31. The van der Waals surface area contributed by atoms with Crippen LogP contribution in [0.15, 0.2) is 23.0 Å². The second-order valence-corrected chi connectivity index (χ2v) is 8.08. The molecule has 0 saturated carbocycles. The fourth-order valence-corrected chi connectivity index (χ4v) is 4.21. The van der Waals surface area contributed by atoms with Crippen LogP contribution in [0.2, 0.25) is 0 Å². The Morgan fingerprint density at radius 2 is 1.93 bits per heavy atom. The van der Waals surface area contributed by atoms with Crippen LogP contribution in [0.3, 0.4) is 0 Å². The summed E-state index contributed by atoms with van der Waals surface area (Å²) in [6, 6.07) is 5.66. The van der Waals surface area contributed by atoms with E-state index in [9.17, 15) is 9.59 Å². The highest BCUT2D eigenvalue weighted by atomic mass is 32.2. The van der Waals surface area contributed by atoms with E-state index < -0.39 is 0 Å². The number of nitrogens with one attached hydrogen (secondary N) is 2. The number of aromatic amines is 1. The van der Waals surface area contributed by atoms with Gasteiger partial charge in [0.1, 0.15) is 5.82 Å². The van der Waals surface area contributed by atoms with Crippen LogP contribution >= 0.6 is 11.8 Å². The zero-order valence-electron chi connectivity index (χ0n) is 16.2. The van der Waals surface area contributed by atoms with Gasteiger partial charge in [0, 0.05) is 6.04 Å². The van der Waals surface area contributed by atoms with Gasteiger partial charge in [-0.1, -0.05) is 6.07 Å². The molecule has 2 N–H and O–H groups in total. The standard InChI is InChI=1S/C19H25N3O4S/c1-10(2)22-18-16(19(24)21-22)17(27-9-15(23)20-18)12-6-7-13(26-11(3)4)14(8-12)25-5/h6-8,10-11,17H,9H2,1-5H3,(H,20,23)(H,21,24)/t17-/m1/s1. The van der Waals surface area contributed by atoms with E-state index in [-0.39, 0.29) is 34.6 Å². The van der Waals surface area contributed by atoms with Crippen molar-refractivity contribution < 1.29 is 14.3 Å². The van der Waals surface area contributed by atoms with Crippen LogP contribution in [0.5, 0.6) is 11.5 Å². The highest BCUT2D eigenvalue weighted by Crippen LogP contribution is 2.42. The van der Waals surface area contributed by atoms with Crippen molar-refractivity contribution in [3.8, 4) is 11.5 Å². The van der Waals surface area contributed by atoms with E-state index in [4.69, 9.17) is 9.47 Å². The molecule has 0 saturated heterocycles. The number of thioether (sulfide) groups is 1. The molecule has 0 aliphatic carbocycles. The smallest absolute Gasteiger partial charge is 0.270 e. The molecule has 8 heteroatoms. The fourth-order valence-electron chi connectivity index (χ4n) is 3.09. The number of amides is 1. The third-order valence-corrected chi connectivity index (χ3v) is 5.50. The predicted octanol–water partition coefficient (Wildman–Crippen LogP) is 3.33. The average molecular weight is 391 g/mol. The zero-order valence-corrected chi connectivity index (χ0v) is 17.0. The first-order chi connectivity index (χ1) is 12.8. The molecule has 7 nitrogen and oxygen atoms in total. The lowest BCUT2D eigenvalue weighted by Crippen LogP contribution is -2.17. The SMILES string of the molecule is COc1cc([C@H]2SCC(=O)Nc3c2c(=O)[nH]n3C(C)C)ccc1OC(C)C. The number of hydrogen-bond donors (Lipinski definition) is 2. The van der Waals surface area contributed by atoms with Crippen LogP contribution < -0.4 is 20.3 Å². The monoisotopic (exact) mass is 391 g/mol. The maximum Gasteiger partial charge on any atom is 0.270 e. The van der Waals surface area contributed by atoms with Crippen LogP contribution in [-0.2, 0) is 4.79 Å². The maximum atomic E-state index is 12.7. The second kappa shape index (κ2) is 7.72. The van der Waals surface area contributed by atoms with Gasteiger partial charge in [0.2, 0.25) is 5.91 Å². The molecule has 0 radical (unpaired) electrons. The summed E-state index contributed by atoms with van der Waals surface area (Å²) in [7, 11) is 1.59. The number of fused-ring (bicyclic) bond motifs is 1. The van der Waals surface area contributed by atoms with Gasteiger partial charge in [0.25, 0.3) is 5.56 Å². The number of methoxy groups -OCH3 is 1. The molecule has 2 heterocycles. The third-order valence-electron chi connectivity index (χ3n) is 4.23. The molecule has 1 aliphatic rings. The minimum absolute atomic E-state index is 0.0156. The normalized spacial score (nSPS) is 16.9. The number of ether oxygens (including phenoxy) is 2. The first-order valence-corrected chi connectivity index (χ1v) is 9.97. The molecule has 146 valence electrons. The summed E-state index contributed by atoms with van der Waals surface area (Å²) in [5, 5.41) is 5.43. The van der Waals surface area contributed by atoms with Gasteiger partial charge in [0.15, 0.2) is 11.5 Å². The predicted molar refractivity (Wildman–Crippen MR) is 107 cm³/mol. The number of benzene rings is 1. The lowest BCUT2D eigenvalue weighted by Gasteiger charge is -2.18. The summed E-state index contributed by atoms with van der Waals surface area (Å²) < 4.78 is 13.0. The number of carbonyl (C=O) groups is 1. The molecule has 0 fully saturated rings. The van der Waals surface area contributed by atoms with Gasteiger partial charge in [-0.05, 0) is 45.4 Å². The van der Waals surface area contributed by atoms with Crippen molar-refractivity contribution in [1.29, 1.82) is 0 Å². The Bertz CT molecular complexity index is 901. The largest absolute Gasteiger partial charge is 0.493 e. The van der Waals surface area contributed by atoms with Crippen LogP contribution in [0.4, 0.5) is 5.82 Å². The number of nitrogens with zero attached hydrogens (tertiary/aromatic N) is 1. The van der Waals surface area contributed by atoms with Gasteiger partial charge in [-0.15, -0.1) is 11.8 Å². The molecule has 1 aromatic heterocycles. The van der Waals surface area contributed by atoms with E-state index in [2.05, 4.69) is 10.4 Å². The molecule has 1 aliphatic heterocycles. The number of anilines is 1. The summed E-state index contributed by atoms with van der Waals surface area (Å²) in [6.07, 6.45) is 0.0216. The lowest BCUT2D eigenvalue weighted by atomic mass is 10.1. The average Bonchev–Trinajstić information content (AvgIpc) is 2.81. The zero-order chi connectivity index (χ0) is 19.7. The van der Waals surface area contributed by atoms with Crippen molar-refractivity contribution in [3.05, 3.63) is 39.7 Å². The Labute approximate surface area is 162 Å². The quantitative estimate of drug-likeness (QED) is 0.817. The Hall–Kier alpha value is -2.35. The summed E-state index contributed by atoms with van der Waals surface area (Å²) in [4.78, 5) is 24.9. The van der Waals surface area contributed by atoms with Crippen molar-refractivity contribution in [2.24, 2.45) is 0 Å². The molecular weight excluding hydrogens is 366 g/mol. The van der Waals surface area contributed by atoms with Crippen LogP contribution in [0.25, 0.3) is 0 Å². The van der Waals surface area contributed by atoms with Gasteiger partial charge < -0.3 is 14.8 Å². The summed E-state index contributed by atoms with van der Waals surface area (Å²) in [5.74, 6) is 1.94. The van der Waals surface area contributed by atoms with E-state index in [0.29, 0.717) is 22.9 Å². The van der Waals surface area contributed by atoms with Gasteiger partial charge in [-0.2, -0.15) is 0 Å². The molecule has 3 rings (SSSR count). The first-order valence-electron chi connectivity index (χ1n) is 8.92. The molecule has 27 heavy (non-hydrogen) atoms. The van der Waals surface area contributed by atoms with Crippen molar-refractivity contribution in [2.75, 3.05) is 18.2 Å². The number of rotatable bonds is 5. The fraction of sp³-hybridized carbons (Fsp3) is 0.474. The van der Waals surface area contributed by atoms with E-state index in [1.165, 1.54) is 11.8 Å². The molecule has 0 bridgehead atoms. The van der Waals surface area contributed by atoms with Gasteiger partial charge in [-0.25, -0.2) is 0 Å². The van der Waals surface area contributed by atoms with Gasteiger partial charge >= 0.3 is 0 Å². The Balaban J connectivity index is 2.10. The molecule has 1 aromatic carbocycles. The minimum Gasteiger partial charge on any atom is -0.493 e. The van der Waals surface area contributed by atoms with Crippen LogP contribution in [0.1, 0.15) is 50.1 Å². The molecular formula is C19H25N3O4S. The Kier molecular flexibility index (Phi) is 5.55. The minimum atomic E-state index is -0.287. The van der Waals surface area contributed by atoms with Crippen molar-refractivity contribution >= 4 is 23.5 Å². The lowest BCUT2D eigenvalue weighted by molar-refractivity contribution is -0.113. The Morgan fingerprint density at radius 3 is 2.56 bits per heavy atom. The molecule has 2 aromatic rings. The van der Waals surface area contributed by atoms with Crippen LogP contribution in [-0.4, -0.2) is 34.7 Å². The summed E-state index contributed by atoms with van der Waals surface area (Å²) >= 11 is 1.42. The topological polar surface area (TPSA) is 85.4 Å². The number of H-pyrrole nitrogens is 1. The molecule has 0 spiro atoms. The van der Waals surface area contributed by atoms with Gasteiger partial charge in [0.05, 0.1) is 29.8 Å². The number of carbonyl (C=O) groups excluding carboxylic acids is 1. The summed E-state index contributed by atoms with van der Waals surface area (Å²) in [6.45, 7) is 7.81. The van der Waals surface area contributed by atoms with Crippen LogP contribution in [0, 0.1) is 0 Å². The van der Waals surface area contributed by atoms with E-state index in [0.717, 1.165) is 5.56 Å².